The molecular weight excluding hydrogens is 608 g/mol. The predicted octanol–water partition coefficient (Wildman–Crippen LogP) is 5.89. The molecule has 2 N–H and O–H groups in total. The molecule has 9 nitrogen and oxygen atoms in total. The Morgan fingerprint density at radius 3 is 1.90 bits per heavy atom. The molecular formula is C39H48N2O7. The van der Waals surface area contributed by atoms with Gasteiger partial charge in [-0.15, -0.1) is 6.58 Å². The Morgan fingerprint density at radius 1 is 0.833 bits per heavy atom. The zero-order valence-corrected chi connectivity index (χ0v) is 28.2. The Morgan fingerprint density at radius 2 is 1.40 bits per heavy atom. The van der Waals surface area contributed by atoms with Gasteiger partial charge in [-0.05, 0) is 74.6 Å². The van der Waals surface area contributed by atoms with Crippen molar-refractivity contribution < 1.29 is 33.3 Å². The van der Waals surface area contributed by atoms with E-state index < -0.39 is 23.7 Å². The first-order chi connectivity index (χ1) is 23.4. The van der Waals surface area contributed by atoms with Gasteiger partial charge in [0.2, 0.25) is 17.4 Å². The number of hydrogen-bond acceptors (Lipinski definition) is 7. The number of benzene rings is 3. The quantitative estimate of drug-likeness (QED) is 0.0940. The average molecular weight is 657 g/mol. The van der Waals surface area contributed by atoms with Crippen LogP contribution in [0.15, 0.2) is 85.5 Å². The van der Waals surface area contributed by atoms with E-state index in [-0.39, 0.29) is 35.1 Å². The standard InChI is InChI=1S/C39H48N2O7/c1-5-22-48-31-25-32(33(26-31)41-39(44)36(42)29-23-34(45-2)37(47-4)35(24-29)46-3)38(43)40-30(20-12-18-27-14-8-6-9-15-27)21-13-19-28-16-10-7-11-17-28/h5-11,14-17,23-24,30-33H,1,12-13,18-22,25-26H2,2-4H3,(H,40,43)(H,41,44)/t31-,32-,33-/m1/s1. The molecule has 48 heavy (non-hydrogen) atoms. The molecule has 3 atom stereocenters. The fourth-order valence-corrected chi connectivity index (χ4v) is 6.35. The minimum absolute atomic E-state index is 0.0321. The monoisotopic (exact) mass is 656 g/mol. The van der Waals surface area contributed by atoms with Gasteiger partial charge < -0.3 is 29.6 Å². The van der Waals surface area contributed by atoms with Crippen molar-refractivity contribution in [3.63, 3.8) is 0 Å². The summed E-state index contributed by atoms with van der Waals surface area (Å²) < 4.78 is 22.0. The number of ether oxygens (including phenoxy) is 4. The van der Waals surface area contributed by atoms with Crippen LogP contribution in [0.1, 0.15) is 60.0 Å². The summed E-state index contributed by atoms with van der Waals surface area (Å²) in [7, 11) is 4.34. The van der Waals surface area contributed by atoms with E-state index in [2.05, 4.69) is 41.5 Å². The molecule has 0 bridgehead atoms. The first-order valence-corrected chi connectivity index (χ1v) is 16.6. The smallest absolute Gasteiger partial charge is 0.292 e. The summed E-state index contributed by atoms with van der Waals surface area (Å²) in [5.74, 6) is -1.47. The number of hydrogen-bond donors (Lipinski definition) is 2. The summed E-state index contributed by atoms with van der Waals surface area (Å²) >= 11 is 0. The van der Waals surface area contributed by atoms with Crippen LogP contribution < -0.4 is 24.8 Å². The number of Topliss-reactive ketones (excluding diaryl/α,β-unsaturated/α-hetero) is 1. The highest BCUT2D eigenvalue weighted by Gasteiger charge is 2.41. The first-order valence-electron chi connectivity index (χ1n) is 16.6. The second-order valence-electron chi connectivity index (χ2n) is 12.1. The van der Waals surface area contributed by atoms with Crippen molar-refractivity contribution in [2.75, 3.05) is 27.9 Å². The second-order valence-corrected chi connectivity index (χ2v) is 12.1. The summed E-state index contributed by atoms with van der Waals surface area (Å²) in [6, 6.07) is 22.9. The van der Waals surface area contributed by atoms with Gasteiger partial charge in [-0.1, -0.05) is 66.7 Å². The molecule has 3 aromatic rings. The molecule has 0 unspecified atom stereocenters. The van der Waals surface area contributed by atoms with Crippen LogP contribution in [0.2, 0.25) is 0 Å². The van der Waals surface area contributed by atoms with Gasteiger partial charge in [0, 0.05) is 17.6 Å². The molecule has 0 aliphatic heterocycles. The summed E-state index contributed by atoms with van der Waals surface area (Å²) in [6.07, 6.45) is 7.57. The third-order valence-electron chi connectivity index (χ3n) is 8.82. The lowest BCUT2D eigenvalue weighted by atomic mass is 9.97. The van der Waals surface area contributed by atoms with Crippen LogP contribution in [0.4, 0.5) is 0 Å². The lowest BCUT2D eigenvalue weighted by molar-refractivity contribution is -0.127. The van der Waals surface area contributed by atoms with Crippen LogP contribution in [-0.4, -0.2) is 63.7 Å². The Hall–Kier alpha value is -4.63. The third-order valence-corrected chi connectivity index (χ3v) is 8.82. The summed E-state index contributed by atoms with van der Waals surface area (Å²) in [5.41, 5.74) is 2.62. The molecule has 1 aliphatic carbocycles. The largest absolute Gasteiger partial charge is 0.493 e. The van der Waals surface area contributed by atoms with Gasteiger partial charge in [-0.25, -0.2) is 0 Å². The van der Waals surface area contributed by atoms with Gasteiger partial charge in [0.1, 0.15) is 0 Å². The zero-order chi connectivity index (χ0) is 34.3. The van der Waals surface area contributed by atoms with Crippen LogP contribution in [0.5, 0.6) is 17.2 Å². The number of carbonyl (C=O) groups is 3. The van der Waals surface area contributed by atoms with Gasteiger partial charge in [0.15, 0.2) is 11.5 Å². The Kier molecular flexibility index (Phi) is 14.1. The van der Waals surface area contributed by atoms with Gasteiger partial charge in [-0.2, -0.15) is 0 Å². The van der Waals surface area contributed by atoms with Crippen LogP contribution in [-0.2, 0) is 27.2 Å². The summed E-state index contributed by atoms with van der Waals surface area (Å²) in [5, 5.41) is 6.17. The van der Waals surface area contributed by atoms with Crippen molar-refractivity contribution in [1.29, 1.82) is 0 Å². The number of amides is 2. The predicted molar refractivity (Wildman–Crippen MR) is 186 cm³/mol. The maximum atomic E-state index is 13.9. The Balaban J connectivity index is 1.46. The molecule has 3 aromatic carbocycles. The van der Waals surface area contributed by atoms with E-state index in [1.807, 2.05) is 36.4 Å². The van der Waals surface area contributed by atoms with E-state index >= 15 is 0 Å². The molecule has 1 aliphatic rings. The highest BCUT2D eigenvalue weighted by Crippen LogP contribution is 2.38. The number of carbonyl (C=O) groups excluding carboxylic acids is 3. The molecule has 256 valence electrons. The van der Waals surface area contributed by atoms with Crippen molar-refractivity contribution >= 4 is 17.6 Å². The summed E-state index contributed by atoms with van der Waals surface area (Å²) in [4.78, 5) is 40.6. The molecule has 2 amide bonds. The van der Waals surface area contributed by atoms with Crippen LogP contribution in [0.3, 0.4) is 0 Å². The molecule has 0 saturated heterocycles. The Labute approximate surface area is 284 Å². The maximum absolute atomic E-state index is 13.9. The van der Waals surface area contributed by atoms with Gasteiger partial charge >= 0.3 is 0 Å². The number of ketones is 1. The molecule has 9 heteroatoms. The highest BCUT2D eigenvalue weighted by molar-refractivity contribution is 6.43. The third kappa shape index (κ3) is 10.2. The molecule has 0 radical (unpaired) electrons. The van der Waals surface area contributed by atoms with E-state index in [1.54, 1.807) is 6.08 Å². The fourth-order valence-electron chi connectivity index (χ4n) is 6.35. The van der Waals surface area contributed by atoms with Crippen LogP contribution >= 0.6 is 0 Å². The average Bonchev–Trinajstić information content (AvgIpc) is 3.52. The number of aryl methyl sites for hydroxylation is 2. The molecule has 4 rings (SSSR count). The Bertz CT molecular complexity index is 1420. The molecule has 0 aromatic heterocycles. The zero-order valence-electron chi connectivity index (χ0n) is 28.2. The van der Waals surface area contributed by atoms with Crippen molar-refractivity contribution in [3.8, 4) is 17.2 Å². The minimum atomic E-state index is -0.821. The molecule has 1 fully saturated rings. The maximum Gasteiger partial charge on any atom is 0.292 e. The number of rotatable bonds is 19. The minimum Gasteiger partial charge on any atom is -0.493 e. The number of nitrogens with one attached hydrogen (secondary N) is 2. The van der Waals surface area contributed by atoms with Gasteiger partial charge in [0.05, 0.1) is 40.0 Å². The lowest BCUT2D eigenvalue weighted by Crippen LogP contribution is -2.48. The highest BCUT2D eigenvalue weighted by atomic mass is 16.5. The van der Waals surface area contributed by atoms with Crippen molar-refractivity contribution in [2.45, 2.75) is 69.6 Å². The van der Waals surface area contributed by atoms with Gasteiger partial charge in [-0.3, -0.25) is 14.4 Å². The molecule has 0 heterocycles. The van der Waals surface area contributed by atoms with Crippen LogP contribution in [0, 0.1) is 5.92 Å². The van der Waals surface area contributed by atoms with Crippen molar-refractivity contribution in [1.82, 2.24) is 10.6 Å². The van der Waals surface area contributed by atoms with E-state index in [4.69, 9.17) is 18.9 Å². The first kappa shape index (κ1) is 36.2. The lowest BCUT2D eigenvalue weighted by Gasteiger charge is -2.24. The van der Waals surface area contributed by atoms with Gasteiger partial charge in [0.25, 0.3) is 5.91 Å². The van der Waals surface area contributed by atoms with E-state index in [0.717, 1.165) is 38.5 Å². The summed E-state index contributed by atoms with van der Waals surface area (Å²) in [6.45, 7) is 4.06. The SMILES string of the molecule is C=CCO[C@H]1C[C@@H](NC(=O)C(=O)c2cc(OC)c(OC)c(OC)c2)[C@H](C(=O)NC(CCCc2ccccc2)CCCc2ccccc2)C1. The van der Waals surface area contributed by atoms with E-state index in [1.165, 1.54) is 44.6 Å². The normalized spacial score (nSPS) is 17.0. The van der Waals surface area contributed by atoms with Crippen molar-refractivity contribution in [3.05, 3.63) is 102 Å². The number of methoxy groups -OCH3 is 3. The fraction of sp³-hybridized carbons (Fsp3) is 0.410. The van der Waals surface area contributed by atoms with Crippen LogP contribution in [0.25, 0.3) is 0 Å². The van der Waals surface area contributed by atoms with E-state index in [9.17, 15) is 14.4 Å². The molecule has 0 spiro atoms. The topological polar surface area (TPSA) is 112 Å². The second kappa shape index (κ2) is 18.6. The van der Waals surface area contributed by atoms with E-state index in [0.29, 0.717) is 25.2 Å². The van der Waals surface area contributed by atoms with Crippen molar-refractivity contribution in [2.24, 2.45) is 5.92 Å². The molecule has 1 saturated carbocycles.